The predicted octanol–water partition coefficient (Wildman–Crippen LogP) is 0.787. The maximum atomic E-state index is 14.1. The van der Waals surface area contributed by atoms with E-state index in [4.69, 9.17) is 44.1 Å². The number of carboxylic acid groups (broad SMARTS) is 3. The van der Waals surface area contributed by atoms with Crippen molar-refractivity contribution in [2.75, 3.05) is 53.0 Å². The number of para-hydroxylation sites is 1. The molecule has 14 atom stereocenters. The Morgan fingerprint density at radius 3 is 2.13 bits per heavy atom. The van der Waals surface area contributed by atoms with Crippen molar-refractivity contribution in [1.82, 2.24) is 4.90 Å². The molecule has 1 aromatic rings. The number of aliphatic carboxylic acids is 3. The second-order valence-corrected chi connectivity index (χ2v) is 18.4. The van der Waals surface area contributed by atoms with Gasteiger partial charge in [0.25, 0.3) is 0 Å². The van der Waals surface area contributed by atoms with Gasteiger partial charge in [0.15, 0.2) is 5.60 Å². The summed E-state index contributed by atoms with van der Waals surface area (Å²) in [5, 5.41) is 60.4. The third-order valence-corrected chi connectivity index (χ3v) is 15.8. The molecule has 2 saturated heterocycles. The van der Waals surface area contributed by atoms with Crippen LogP contribution in [0.3, 0.4) is 0 Å². The van der Waals surface area contributed by atoms with E-state index in [9.17, 15) is 39.0 Å². The SMILES string of the molecule is CCN1C[C@]2(COC(=O)c3ccccc3N3C(=O)C[C@H](C)C3=O)CC[C@H](OC)C34C1C(O)([C@@H](OC)[C@@H]32)[C@@]1(O)C[C@H](OC)C2C[C@@H]4[C@@H]1[C@H]2OC.O=C(O)CC(O)(CC(=O)O)C(=O)O. The maximum absolute atomic E-state index is 14.1. The van der Waals surface area contributed by atoms with E-state index in [-0.39, 0.29) is 84.5 Å². The molecular weight excluding hydrogens is 816 g/mol. The van der Waals surface area contributed by atoms with E-state index < -0.39 is 82.4 Å². The normalized spacial score (nSPS) is 40.2. The van der Waals surface area contributed by atoms with Crippen LogP contribution in [0.15, 0.2) is 24.3 Å². The number of anilines is 1. The molecule has 0 aromatic heterocycles. The molecule has 5 saturated carbocycles. The molecule has 2 heterocycles. The Labute approximate surface area is 358 Å². The highest BCUT2D eigenvalue weighted by atomic mass is 16.5. The quantitative estimate of drug-likeness (QED) is 0.111. The van der Waals surface area contributed by atoms with E-state index in [2.05, 4.69) is 11.8 Å². The van der Waals surface area contributed by atoms with Gasteiger partial charge in [-0.1, -0.05) is 26.0 Å². The molecule has 19 nitrogen and oxygen atoms in total. The zero-order chi connectivity index (χ0) is 45.5. The first kappa shape index (κ1) is 45.9. The Balaban J connectivity index is 0.000000387. The van der Waals surface area contributed by atoms with Gasteiger partial charge in [-0.05, 0) is 43.9 Å². The lowest BCUT2D eigenvalue weighted by Crippen LogP contribution is -2.82. The van der Waals surface area contributed by atoms with Crippen molar-refractivity contribution in [3.05, 3.63) is 29.8 Å². The first-order valence-corrected chi connectivity index (χ1v) is 21.0. The largest absolute Gasteiger partial charge is 0.481 e. The highest BCUT2D eigenvalue weighted by molar-refractivity contribution is 6.22. The average Bonchev–Trinajstić information content (AvgIpc) is 3.75. The summed E-state index contributed by atoms with van der Waals surface area (Å²) in [4.78, 5) is 73.8. The number of carboxylic acids is 3. The summed E-state index contributed by atoms with van der Waals surface area (Å²) in [6, 6.07) is 6.12. The van der Waals surface area contributed by atoms with E-state index in [0.717, 1.165) is 11.3 Å². The Morgan fingerprint density at radius 1 is 0.935 bits per heavy atom. The zero-order valence-corrected chi connectivity index (χ0v) is 35.7. The molecule has 0 radical (unpaired) electrons. The van der Waals surface area contributed by atoms with Crippen LogP contribution in [0.5, 0.6) is 0 Å². The number of imide groups is 1. The minimum absolute atomic E-state index is 0.0358. The average molecular weight is 875 g/mol. The number of benzene rings is 1. The summed E-state index contributed by atoms with van der Waals surface area (Å²) in [5.74, 6) is -7.49. The number of carbonyl (C=O) groups excluding carboxylic acids is 3. The predicted molar refractivity (Wildman–Crippen MR) is 212 cm³/mol. The van der Waals surface area contributed by atoms with Crippen LogP contribution in [0.25, 0.3) is 0 Å². The number of hydrogen-bond donors (Lipinski definition) is 6. The number of fused-ring (bicyclic) bond motifs is 2. The Bertz CT molecular complexity index is 1980. The fourth-order valence-electron chi connectivity index (χ4n) is 13.9. The standard InChI is InChI=1S/C37H50N2O10.C6H8O7/c1-7-38-17-34(18-49-32(42)20-10-8-9-11-23(20)39-26(40)14-19(2)31(39)41)13-12-25(46-4)36-22-15-21-24(45-3)16-35(43,27(22)28(21)47-5)37(44,33(36)38)30(48-6)29(34)36;7-3(8)1-6(13,5(11)12)2-4(9)10/h8-11,19,21-22,24-25,27-30,33,43-44H,7,12-18H2,1-6H3;13H,1-2H2,(H,7,8)(H,9,10)(H,11,12)/t19-,21?,22+,24-,25-,27+,28-,29+,30-,33?,34-,35+,36?,37?;/m0./s1. The summed E-state index contributed by atoms with van der Waals surface area (Å²) in [7, 11) is 6.70. The highest BCUT2D eigenvalue weighted by Gasteiger charge is 2.91. The first-order valence-electron chi connectivity index (χ1n) is 21.0. The smallest absolute Gasteiger partial charge is 0.340 e. The van der Waals surface area contributed by atoms with Crippen LogP contribution < -0.4 is 4.90 Å². The highest BCUT2D eigenvalue weighted by Crippen LogP contribution is 2.80. The van der Waals surface area contributed by atoms with Gasteiger partial charge in [-0.25, -0.2) is 14.5 Å². The number of methoxy groups -OCH3 is 4. The molecule has 7 fully saturated rings. The second kappa shape index (κ2) is 16.2. The van der Waals surface area contributed by atoms with Crippen molar-refractivity contribution in [2.45, 2.75) is 106 Å². The van der Waals surface area contributed by atoms with Crippen molar-refractivity contribution >= 4 is 41.4 Å². The number of ether oxygens (including phenoxy) is 5. The van der Waals surface area contributed by atoms with Gasteiger partial charge in [0, 0.05) is 82.3 Å². The number of hydrogen-bond acceptors (Lipinski definition) is 15. The molecule has 7 aliphatic rings. The Hall–Kier alpha value is -4.08. The molecule has 6 N–H and O–H groups in total. The molecule has 5 aliphatic carbocycles. The minimum Gasteiger partial charge on any atom is -0.481 e. The van der Waals surface area contributed by atoms with Gasteiger partial charge in [-0.2, -0.15) is 0 Å². The molecule has 8 rings (SSSR count). The van der Waals surface area contributed by atoms with Crippen molar-refractivity contribution in [1.29, 1.82) is 0 Å². The molecule has 7 bridgehead atoms. The molecule has 19 heteroatoms. The lowest BCUT2D eigenvalue weighted by Gasteiger charge is -2.70. The van der Waals surface area contributed by atoms with Crippen LogP contribution in [0.2, 0.25) is 0 Å². The van der Waals surface area contributed by atoms with Crippen LogP contribution in [0.1, 0.15) is 69.2 Å². The number of amides is 2. The maximum Gasteiger partial charge on any atom is 0.340 e. The first-order chi connectivity index (χ1) is 29.2. The number of likely N-dealkylation sites (N-methyl/N-ethyl adjacent to an activating group) is 1. The van der Waals surface area contributed by atoms with Crippen LogP contribution in [-0.2, 0) is 47.7 Å². The van der Waals surface area contributed by atoms with Crippen molar-refractivity contribution < 1.29 is 83.1 Å². The Kier molecular flexibility index (Phi) is 12.0. The number of aliphatic hydroxyl groups is 3. The zero-order valence-electron chi connectivity index (χ0n) is 35.7. The van der Waals surface area contributed by atoms with Gasteiger partial charge < -0.3 is 54.3 Å². The van der Waals surface area contributed by atoms with Gasteiger partial charge >= 0.3 is 23.9 Å². The van der Waals surface area contributed by atoms with Crippen LogP contribution in [-0.4, -0.2) is 167 Å². The van der Waals surface area contributed by atoms with E-state index in [1.54, 1.807) is 59.6 Å². The van der Waals surface area contributed by atoms with Gasteiger partial charge in [0.05, 0.1) is 61.2 Å². The molecule has 2 amide bonds. The molecule has 4 unspecified atom stereocenters. The molecule has 62 heavy (non-hydrogen) atoms. The van der Waals surface area contributed by atoms with Crippen molar-refractivity contribution in [3.8, 4) is 0 Å². The van der Waals surface area contributed by atoms with E-state index >= 15 is 0 Å². The summed E-state index contributed by atoms with van der Waals surface area (Å²) < 4.78 is 31.4. The van der Waals surface area contributed by atoms with E-state index in [1.165, 1.54) is 0 Å². The van der Waals surface area contributed by atoms with Gasteiger partial charge in [-0.3, -0.25) is 24.1 Å². The molecule has 1 spiro atoms. The topological polar surface area (TPSA) is 276 Å². The summed E-state index contributed by atoms with van der Waals surface area (Å²) in [6.45, 7) is 4.95. The number of likely N-dealkylation sites (tertiary alicyclic amines) is 1. The molecule has 1 aromatic carbocycles. The summed E-state index contributed by atoms with van der Waals surface area (Å²) >= 11 is 0. The second-order valence-electron chi connectivity index (χ2n) is 18.4. The number of nitrogens with zero attached hydrogens (tertiary/aromatic N) is 2. The van der Waals surface area contributed by atoms with Crippen molar-refractivity contribution in [2.24, 2.45) is 40.4 Å². The fourth-order valence-corrected chi connectivity index (χ4v) is 13.9. The van der Waals surface area contributed by atoms with E-state index in [1.807, 2.05) is 0 Å². The van der Waals surface area contributed by atoms with Gasteiger partial charge in [0.1, 0.15) is 11.2 Å². The van der Waals surface area contributed by atoms with E-state index in [0.29, 0.717) is 25.9 Å². The lowest BCUT2D eigenvalue weighted by atomic mass is 9.42. The number of piperidine rings is 1. The van der Waals surface area contributed by atoms with Crippen molar-refractivity contribution in [3.63, 3.8) is 0 Å². The minimum atomic E-state index is -2.74. The number of rotatable bonds is 14. The van der Waals surface area contributed by atoms with Gasteiger partial charge in [-0.15, -0.1) is 0 Å². The number of esters is 1. The number of carbonyl (C=O) groups is 6. The lowest BCUT2D eigenvalue weighted by molar-refractivity contribution is -0.320. The van der Waals surface area contributed by atoms with Gasteiger partial charge in [0.2, 0.25) is 11.8 Å². The monoisotopic (exact) mass is 874 g/mol. The third kappa shape index (κ3) is 6.28. The third-order valence-electron chi connectivity index (χ3n) is 15.8. The molecular formula is C43H58N2O17. The summed E-state index contributed by atoms with van der Waals surface area (Å²) in [6.07, 6.45) is -1.48. The fraction of sp³-hybridized carbons (Fsp3) is 0.721. The molecule has 2 aliphatic heterocycles. The molecule has 342 valence electrons. The Morgan fingerprint density at radius 2 is 1.60 bits per heavy atom. The summed E-state index contributed by atoms with van der Waals surface area (Å²) in [5.41, 5.74) is -6.91. The van der Waals surface area contributed by atoms with Crippen LogP contribution in [0, 0.1) is 40.4 Å². The van der Waals surface area contributed by atoms with Crippen LogP contribution in [0.4, 0.5) is 5.69 Å². The van der Waals surface area contributed by atoms with Crippen LogP contribution >= 0.6 is 0 Å².